The number of benzene rings is 1. The summed E-state index contributed by atoms with van der Waals surface area (Å²) >= 11 is 1.15. The lowest BCUT2D eigenvalue weighted by atomic mass is 9.94. The number of halogens is 1. The van der Waals surface area contributed by atoms with Gasteiger partial charge < -0.3 is 15.6 Å². The Morgan fingerprint density at radius 3 is 2.81 bits per heavy atom. The van der Waals surface area contributed by atoms with Crippen LogP contribution in [0.3, 0.4) is 0 Å². The van der Waals surface area contributed by atoms with Crippen molar-refractivity contribution in [2.24, 2.45) is 5.92 Å². The Bertz CT molecular complexity index is 1930. The number of aromatic amines is 2. The highest BCUT2D eigenvalue weighted by molar-refractivity contribution is 7.14. The minimum Gasteiger partial charge on any atom is -0.353 e. The van der Waals surface area contributed by atoms with Gasteiger partial charge >= 0.3 is 0 Å². The number of pyridine rings is 1. The van der Waals surface area contributed by atoms with Crippen LogP contribution in [0.1, 0.15) is 37.7 Å². The zero-order valence-electron chi connectivity index (χ0n) is 23.0. The third kappa shape index (κ3) is 5.45. The van der Waals surface area contributed by atoms with E-state index in [4.69, 9.17) is 5.10 Å². The van der Waals surface area contributed by atoms with E-state index in [1.54, 1.807) is 6.20 Å². The molecular formula is C33H31FN6OS. The Morgan fingerprint density at radius 1 is 1.07 bits per heavy atom. The molecule has 42 heavy (non-hydrogen) atoms. The van der Waals surface area contributed by atoms with Gasteiger partial charge in [-0.25, -0.2) is 0 Å². The molecule has 1 amide bonds. The lowest BCUT2D eigenvalue weighted by Gasteiger charge is -2.21. The van der Waals surface area contributed by atoms with Gasteiger partial charge in [0.1, 0.15) is 5.69 Å². The van der Waals surface area contributed by atoms with E-state index in [0.29, 0.717) is 18.0 Å². The number of anilines is 1. The number of nitrogens with zero attached hydrogens (tertiary/aromatic N) is 2. The monoisotopic (exact) mass is 578 g/mol. The van der Waals surface area contributed by atoms with Crippen molar-refractivity contribution < 1.29 is 9.18 Å². The number of nitrogens with one attached hydrogen (secondary N) is 4. The Morgan fingerprint density at radius 2 is 1.95 bits per heavy atom. The molecule has 212 valence electrons. The highest BCUT2D eigenvalue weighted by Crippen LogP contribution is 2.35. The Kier molecular flexibility index (Phi) is 7.27. The number of aromatic nitrogens is 4. The van der Waals surface area contributed by atoms with E-state index in [2.05, 4.69) is 50.0 Å². The van der Waals surface area contributed by atoms with Crippen LogP contribution in [0.4, 0.5) is 10.1 Å². The van der Waals surface area contributed by atoms with E-state index in [1.807, 2.05) is 36.5 Å². The Labute approximate surface area is 246 Å². The number of hydrogen-bond donors (Lipinski definition) is 4. The smallest absolute Gasteiger partial charge is 0.224 e. The van der Waals surface area contributed by atoms with Gasteiger partial charge in [0.15, 0.2) is 5.13 Å². The number of thiophene rings is 1. The molecule has 7 nitrogen and oxygen atoms in total. The van der Waals surface area contributed by atoms with Gasteiger partial charge in [-0.1, -0.05) is 24.3 Å². The molecule has 0 radical (unpaired) electrons. The van der Waals surface area contributed by atoms with Gasteiger partial charge in [0.05, 0.1) is 22.9 Å². The lowest BCUT2D eigenvalue weighted by Crippen LogP contribution is -2.30. The minimum absolute atomic E-state index is 0.0361. The highest BCUT2D eigenvalue weighted by Gasteiger charge is 2.18. The molecule has 0 atom stereocenters. The average Bonchev–Trinajstić information content (AvgIpc) is 3.71. The third-order valence-corrected chi connectivity index (χ3v) is 8.97. The van der Waals surface area contributed by atoms with Crippen LogP contribution in [0.5, 0.6) is 0 Å². The third-order valence-electron chi connectivity index (χ3n) is 8.06. The van der Waals surface area contributed by atoms with Crippen LogP contribution in [0.2, 0.25) is 0 Å². The number of carbonyl (C=O) groups is 1. The summed E-state index contributed by atoms with van der Waals surface area (Å²) < 4.78 is 13.8. The molecule has 1 aromatic carbocycles. The molecule has 1 aliphatic carbocycles. The number of hydrogen-bond acceptors (Lipinski definition) is 5. The maximum atomic E-state index is 13.8. The molecule has 1 aliphatic heterocycles. The summed E-state index contributed by atoms with van der Waals surface area (Å²) in [7, 11) is 0. The van der Waals surface area contributed by atoms with Gasteiger partial charge in [0.2, 0.25) is 5.91 Å². The molecular weight excluding hydrogens is 547 g/mol. The fraction of sp³-hybridized carbons (Fsp3) is 0.242. The lowest BCUT2D eigenvalue weighted by molar-refractivity contribution is -0.117. The summed E-state index contributed by atoms with van der Waals surface area (Å²) in [6.07, 6.45) is 14.4. The van der Waals surface area contributed by atoms with E-state index in [-0.39, 0.29) is 11.0 Å². The fourth-order valence-corrected chi connectivity index (χ4v) is 6.71. The second kappa shape index (κ2) is 11.5. The number of allylic oxidation sites excluding steroid dienone is 2. The fourth-order valence-electron chi connectivity index (χ4n) is 5.94. The van der Waals surface area contributed by atoms with Gasteiger partial charge in [-0.15, -0.1) is 11.3 Å². The van der Waals surface area contributed by atoms with Crippen LogP contribution in [0.25, 0.3) is 50.5 Å². The van der Waals surface area contributed by atoms with Crippen molar-refractivity contribution in [3.05, 3.63) is 82.2 Å². The standard InChI is InChI=1S/C33H31FN6OS/c34-31-9-8-30(42-31)24-5-3-7-27-25(24)17-29(38-27)33-26-16-21(4-1-2-6-28(26)39-40-33)22-15-23(19-36-18-22)37-32(41)14-20-10-12-35-13-11-20/h3-9,15-20,35,38-39H,1-2,10-14H2,(H,37,41)/b21-4+,26-16+,28-6-. The summed E-state index contributed by atoms with van der Waals surface area (Å²) in [5, 5.41) is 17.1. The van der Waals surface area contributed by atoms with Gasteiger partial charge in [-0.3, -0.25) is 14.9 Å². The molecule has 5 aromatic rings. The van der Waals surface area contributed by atoms with E-state index in [1.165, 1.54) is 6.07 Å². The maximum absolute atomic E-state index is 13.8. The van der Waals surface area contributed by atoms with Gasteiger partial charge in [0, 0.05) is 44.7 Å². The molecule has 0 spiro atoms. The first kappa shape index (κ1) is 26.6. The van der Waals surface area contributed by atoms with E-state index in [9.17, 15) is 9.18 Å². The predicted octanol–water partition coefficient (Wildman–Crippen LogP) is 5.59. The van der Waals surface area contributed by atoms with E-state index < -0.39 is 0 Å². The largest absolute Gasteiger partial charge is 0.353 e. The number of fused-ring (bicyclic) bond motifs is 2. The SMILES string of the molecule is O=C(CC1CCNCC1)Nc1cncc(C2=C\CC\C=c3/[nH]nc(-c4cc5c(-c6ccc(F)s6)cccc5[nH]4)/c3=C/2)c1. The van der Waals surface area contributed by atoms with Crippen LogP contribution in [0, 0.1) is 11.0 Å². The van der Waals surface area contributed by atoms with Crippen molar-refractivity contribution in [1.29, 1.82) is 0 Å². The molecule has 2 aliphatic rings. The molecule has 1 saturated heterocycles. The molecule has 0 saturated carbocycles. The maximum Gasteiger partial charge on any atom is 0.224 e. The number of rotatable bonds is 6. The molecule has 7 rings (SSSR count). The molecule has 4 aromatic heterocycles. The first-order valence-electron chi connectivity index (χ1n) is 14.4. The molecule has 1 fully saturated rings. The van der Waals surface area contributed by atoms with Crippen molar-refractivity contribution in [2.45, 2.75) is 32.1 Å². The van der Waals surface area contributed by atoms with Gasteiger partial charge in [-0.05, 0) is 86.7 Å². The second-order valence-electron chi connectivity index (χ2n) is 10.9. The molecule has 4 N–H and O–H groups in total. The van der Waals surface area contributed by atoms with Crippen LogP contribution in [-0.4, -0.2) is 39.2 Å². The summed E-state index contributed by atoms with van der Waals surface area (Å²) in [5.41, 5.74) is 6.32. The topological polar surface area (TPSA) is 98.5 Å². The number of amides is 1. The zero-order chi connectivity index (χ0) is 28.5. The summed E-state index contributed by atoms with van der Waals surface area (Å²) in [4.78, 5) is 21.6. The first-order chi connectivity index (χ1) is 20.6. The summed E-state index contributed by atoms with van der Waals surface area (Å²) in [6, 6.07) is 13.4. The molecule has 9 heteroatoms. The first-order valence-corrected chi connectivity index (χ1v) is 15.2. The molecule has 5 heterocycles. The Balaban J connectivity index is 1.22. The van der Waals surface area contributed by atoms with Crippen molar-refractivity contribution in [3.63, 3.8) is 0 Å². The van der Waals surface area contributed by atoms with Crippen LogP contribution >= 0.6 is 11.3 Å². The van der Waals surface area contributed by atoms with Crippen molar-refractivity contribution >= 4 is 51.6 Å². The zero-order valence-corrected chi connectivity index (χ0v) is 23.9. The van der Waals surface area contributed by atoms with Crippen LogP contribution in [-0.2, 0) is 4.79 Å². The molecule has 0 unspecified atom stereocenters. The van der Waals surface area contributed by atoms with Crippen molar-refractivity contribution in [3.8, 4) is 21.8 Å². The van der Waals surface area contributed by atoms with E-state index >= 15 is 0 Å². The highest BCUT2D eigenvalue weighted by atomic mass is 32.1. The van der Waals surface area contributed by atoms with Gasteiger partial charge in [0.25, 0.3) is 0 Å². The van der Waals surface area contributed by atoms with Crippen molar-refractivity contribution in [2.75, 3.05) is 18.4 Å². The summed E-state index contributed by atoms with van der Waals surface area (Å²) in [5.74, 6) is 0.458. The average molecular weight is 579 g/mol. The number of carbonyl (C=O) groups excluding carboxylic acids is 1. The number of piperidine rings is 1. The van der Waals surface area contributed by atoms with Crippen LogP contribution < -0.4 is 21.2 Å². The van der Waals surface area contributed by atoms with E-state index in [0.717, 1.165) is 105 Å². The second-order valence-corrected chi connectivity index (χ2v) is 12.0. The predicted molar refractivity (Wildman–Crippen MR) is 168 cm³/mol. The molecule has 0 bridgehead atoms. The summed E-state index contributed by atoms with van der Waals surface area (Å²) in [6.45, 7) is 1.95. The number of H-pyrrole nitrogens is 2. The minimum atomic E-state index is -0.198. The van der Waals surface area contributed by atoms with Crippen molar-refractivity contribution in [1.82, 2.24) is 25.5 Å². The van der Waals surface area contributed by atoms with Crippen LogP contribution in [0.15, 0.2) is 60.9 Å². The normalized spacial score (nSPS) is 18.5. The quantitative estimate of drug-likeness (QED) is 0.211. The van der Waals surface area contributed by atoms with Gasteiger partial charge in [-0.2, -0.15) is 9.49 Å². The Hall–Kier alpha value is -4.34.